The van der Waals surface area contributed by atoms with Crippen LogP contribution in [-0.2, 0) is 4.74 Å². The molecule has 0 aromatic carbocycles. The second-order valence-corrected chi connectivity index (χ2v) is 6.97. The number of fused-ring (bicyclic) bond motifs is 2. The van der Waals surface area contributed by atoms with Crippen molar-refractivity contribution in [3.63, 3.8) is 0 Å². The van der Waals surface area contributed by atoms with Gasteiger partial charge in [-0.25, -0.2) is 0 Å². The Morgan fingerprint density at radius 2 is 2.18 bits per heavy atom. The Hall–Kier alpha value is -0.340. The quantitative estimate of drug-likeness (QED) is 0.561. The maximum absolute atomic E-state index is 9.52. The van der Waals surface area contributed by atoms with Crippen LogP contribution in [0.4, 0.5) is 0 Å². The fourth-order valence-electron chi connectivity index (χ4n) is 4.18. The van der Waals surface area contributed by atoms with E-state index in [1.165, 1.54) is 18.4 Å². The smallest absolute Gasteiger partial charge is 0.118 e. The van der Waals surface area contributed by atoms with E-state index in [0.717, 1.165) is 31.1 Å². The summed E-state index contributed by atoms with van der Waals surface area (Å²) >= 11 is 0. The third-order valence-corrected chi connectivity index (χ3v) is 5.54. The summed E-state index contributed by atoms with van der Waals surface area (Å²) in [7, 11) is 0. The van der Waals surface area contributed by atoms with Crippen LogP contribution in [0.15, 0.2) is 12.2 Å². The van der Waals surface area contributed by atoms with E-state index in [0.29, 0.717) is 11.5 Å². The predicted molar refractivity (Wildman–Crippen MR) is 67.7 cm³/mol. The van der Waals surface area contributed by atoms with Gasteiger partial charge in [0.2, 0.25) is 0 Å². The van der Waals surface area contributed by atoms with E-state index in [1.54, 1.807) is 0 Å². The molecule has 1 saturated heterocycles. The zero-order chi connectivity index (χ0) is 12.3. The Morgan fingerprint density at radius 3 is 2.82 bits per heavy atom. The third-order valence-electron chi connectivity index (χ3n) is 5.54. The van der Waals surface area contributed by atoms with Crippen LogP contribution in [0.3, 0.4) is 0 Å². The van der Waals surface area contributed by atoms with Gasteiger partial charge in [-0.1, -0.05) is 26.0 Å². The fraction of sp³-hybridized carbons (Fsp3) is 0.867. The second kappa shape index (κ2) is 3.58. The first-order valence-electron chi connectivity index (χ1n) is 6.95. The standard InChI is InChI=1S/C15H24O2/c1-10-4-5-13-15(9-16,17-13)7-6-12-11(10)8-14(12,2)3/h11-13,16H,1,4-9H2,2-3H3/t11?,12?,13-,15+/m1/s1. The number of aliphatic hydroxyl groups excluding tert-OH is 1. The minimum absolute atomic E-state index is 0.180. The molecule has 0 amide bonds. The van der Waals surface area contributed by atoms with Gasteiger partial charge in [-0.2, -0.15) is 0 Å². The Labute approximate surface area is 104 Å². The van der Waals surface area contributed by atoms with Crippen molar-refractivity contribution in [2.75, 3.05) is 6.61 Å². The third kappa shape index (κ3) is 1.68. The minimum Gasteiger partial charge on any atom is -0.393 e. The second-order valence-electron chi connectivity index (χ2n) is 6.97. The summed E-state index contributed by atoms with van der Waals surface area (Å²) in [5.41, 5.74) is 1.71. The molecule has 17 heavy (non-hydrogen) atoms. The van der Waals surface area contributed by atoms with Crippen molar-refractivity contribution in [3.8, 4) is 0 Å². The molecule has 0 radical (unpaired) electrons. The van der Waals surface area contributed by atoms with Gasteiger partial charge in [0.1, 0.15) is 5.60 Å². The molecule has 0 aromatic rings. The summed E-state index contributed by atoms with van der Waals surface area (Å²) in [5, 5.41) is 9.52. The Morgan fingerprint density at radius 1 is 1.41 bits per heavy atom. The van der Waals surface area contributed by atoms with E-state index < -0.39 is 0 Å². The van der Waals surface area contributed by atoms with Crippen molar-refractivity contribution in [1.82, 2.24) is 0 Å². The van der Waals surface area contributed by atoms with E-state index in [2.05, 4.69) is 20.4 Å². The van der Waals surface area contributed by atoms with Crippen LogP contribution in [0.1, 0.15) is 46.0 Å². The van der Waals surface area contributed by atoms with Gasteiger partial charge in [0.15, 0.2) is 0 Å². The summed E-state index contributed by atoms with van der Waals surface area (Å²) in [4.78, 5) is 0. The lowest BCUT2D eigenvalue weighted by atomic mass is 9.52. The molecule has 0 aromatic heterocycles. The maximum atomic E-state index is 9.52. The van der Waals surface area contributed by atoms with Gasteiger partial charge in [-0.3, -0.25) is 0 Å². The zero-order valence-electron chi connectivity index (χ0n) is 11.0. The SMILES string of the molecule is C=C1CC[C@H]2O[C@]2(CO)CCC2C1CC2(C)C. The molecule has 2 nitrogen and oxygen atoms in total. The summed E-state index contributed by atoms with van der Waals surface area (Å²) in [5.74, 6) is 1.49. The average molecular weight is 236 g/mol. The molecule has 3 aliphatic rings. The van der Waals surface area contributed by atoms with Gasteiger partial charge in [0.05, 0.1) is 12.7 Å². The van der Waals surface area contributed by atoms with Gasteiger partial charge in [0, 0.05) is 0 Å². The van der Waals surface area contributed by atoms with Crippen LogP contribution in [0.2, 0.25) is 0 Å². The molecular formula is C15H24O2. The first kappa shape index (κ1) is 11.7. The van der Waals surface area contributed by atoms with Crippen molar-refractivity contribution in [2.24, 2.45) is 17.3 Å². The highest BCUT2D eigenvalue weighted by atomic mass is 16.6. The lowest BCUT2D eigenvalue weighted by Crippen LogP contribution is -2.45. The van der Waals surface area contributed by atoms with Crippen LogP contribution in [-0.4, -0.2) is 23.4 Å². The molecule has 1 N–H and O–H groups in total. The molecule has 3 fully saturated rings. The molecule has 2 aliphatic carbocycles. The zero-order valence-corrected chi connectivity index (χ0v) is 11.0. The van der Waals surface area contributed by atoms with Gasteiger partial charge >= 0.3 is 0 Å². The van der Waals surface area contributed by atoms with Crippen LogP contribution < -0.4 is 0 Å². The van der Waals surface area contributed by atoms with Crippen molar-refractivity contribution in [2.45, 2.75) is 57.7 Å². The van der Waals surface area contributed by atoms with Crippen LogP contribution in [0.25, 0.3) is 0 Å². The molecule has 2 saturated carbocycles. The molecule has 96 valence electrons. The van der Waals surface area contributed by atoms with E-state index in [1.807, 2.05) is 0 Å². The highest BCUT2D eigenvalue weighted by Gasteiger charge is 2.58. The summed E-state index contributed by atoms with van der Waals surface area (Å²) in [6.45, 7) is 9.23. The number of aliphatic hydroxyl groups is 1. The molecule has 4 atom stereocenters. The van der Waals surface area contributed by atoms with Crippen molar-refractivity contribution < 1.29 is 9.84 Å². The number of rotatable bonds is 1. The van der Waals surface area contributed by atoms with Crippen LogP contribution >= 0.6 is 0 Å². The minimum atomic E-state index is -0.180. The van der Waals surface area contributed by atoms with Crippen LogP contribution in [0, 0.1) is 17.3 Å². The fourth-order valence-corrected chi connectivity index (χ4v) is 4.18. The van der Waals surface area contributed by atoms with Crippen LogP contribution in [0.5, 0.6) is 0 Å². The number of epoxide rings is 1. The number of hydrogen-bond donors (Lipinski definition) is 1. The predicted octanol–water partition coefficient (Wildman–Crippen LogP) is 2.91. The molecule has 2 unspecified atom stereocenters. The van der Waals surface area contributed by atoms with E-state index in [9.17, 15) is 5.11 Å². The topological polar surface area (TPSA) is 32.8 Å². The molecule has 0 spiro atoms. The Bertz CT molecular complexity index is 347. The van der Waals surface area contributed by atoms with Gasteiger partial charge in [-0.15, -0.1) is 0 Å². The Balaban J connectivity index is 1.77. The summed E-state index contributed by atoms with van der Waals surface area (Å²) < 4.78 is 5.76. The molecular weight excluding hydrogens is 212 g/mol. The molecule has 1 heterocycles. The Kier molecular flexibility index (Phi) is 2.47. The lowest BCUT2D eigenvalue weighted by molar-refractivity contribution is -0.00507. The molecule has 3 rings (SSSR count). The molecule has 0 bridgehead atoms. The van der Waals surface area contributed by atoms with Gasteiger partial charge < -0.3 is 9.84 Å². The monoisotopic (exact) mass is 236 g/mol. The van der Waals surface area contributed by atoms with Crippen molar-refractivity contribution >= 4 is 0 Å². The van der Waals surface area contributed by atoms with Gasteiger partial charge in [-0.05, 0) is 49.4 Å². The molecule has 2 heteroatoms. The number of hydrogen-bond acceptors (Lipinski definition) is 2. The van der Waals surface area contributed by atoms with E-state index in [-0.39, 0.29) is 12.2 Å². The summed E-state index contributed by atoms with van der Waals surface area (Å²) in [6, 6.07) is 0. The lowest BCUT2D eigenvalue weighted by Gasteiger charge is -2.53. The summed E-state index contributed by atoms with van der Waals surface area (Å²) in [6.07, 6.45) is 5.96. The first-order chi connectivity index (χ1) is 7.98. The van der Waals surface area contributed by atoms with Gasteiger partial charge in [0.25, 0.3) is 0 Å². The highest BCUT2D eigenvalue weighted by molar-refractivity contribution is 5.16. The normalized spacial score (nSPS) is 47.9. The largest absolute Gasteiger partial charge is 0.393 e. The molecule has 1 aliphatic heterocycles. The highest BCUT2D eigenvalue weighted by Crippen LogP contribution is 2.59. The first-order valence-corrected chi connectivity index (χ1v) is 6.95. The van der Waals surface area contributed by atoms with Crippen molar-refractivity contribution in [3.05, 3.63) is 12.2 Å². The maximum Gasteiger partial charge on any atom is 0.118 e. The van der Waals surface area contributed by atoms with E-state index in [4.69, 9.17) is 4.74 Å². The number of allylic oxidation sites excluding steroid dienone is 1. The van der Waals surface area contributed by atoms with Crippen molar-refractivity contribution in [1.29, 1.82) is 0 Å². The average Bonchev–Trinajstić information content (AvgIpc) is 2.96. The number of ether oxygens (including phenoxy) is 1. The van der Waals surface area contributed by atoms with E-state index >= 15 is 0 Å².